The fourth-order valence-corrected chi connectivity index (χ4v) is 6.11. The largest absolute Gasteiger partial charge is 0.305 e. The van der Waals surface area contributed by atoms with Crippen molar-refractivity contribution in [3.05, 3.63) is 145 Å². The average molecular weight is 725 g/mol. The number of fused-ring (bicyclic) bond motifs is 5. The minimum atomic E-state index is 0. The van der Waals surface area contributed by atoms with Crippen LogP contribution < -0.4 is 0 Å². The quantitative estimate of drug-likeness (QED) is 0.170. The predicted molar refractivity (Wildman–Crippen MR) is 166 cm³/mol. The van der Waals surface area contributed by atoms with Crippen LogP contribution in [0.15, 0.2) is 131 Å². The molecule has 7 rings (SSSR count). The Bertz CT molecular complexity index is 1780. The number of hydrogen-bond donors (Lipinski definition) is 0. The first-order chi connectivity index (χ1) is 19.7. The molecule has 1 aliphatic heterocycles. The van der Waals surface area contributed by atoms with E-state index in [9.17, 15) is 0 Å². The first kappa shape index (κ1) is 28.7. The SMILES string of the molecule is CCc1ccnc(-c2[c-]ccc3c2Sc2ccccc2-c2ccccc2-3)c1.Cc1ccnc(-c2[c-]cccc2)c1.[Ir]. The number of pyridine rings is 2. The van der Waals surface area contributed by atoms with E-state index in [0.29, 0.717) is 0 Å². The number of aromatic nitrogens is 2. The molecule has 3 heterocycles. The van der Waals surface area contributed by atoms with Gasteiger partial charge >= 0.3 is 0 Å². The van der Waals surface area contributed by atoms with Crippen LogP contribution in [0.5, 0.6) is 0 Å². The van der Waals surface area contributed by atoms with Gasteiger partial charge in [0.15, 0.2) is 0 Å². The molecular weight excluding hydrogens is 697 g/mol. The maximum atomic E-state index is 4.66. The van der Waals surface area contributed by atoms with Gasteiger partial charge < -0.3 is 9.97 Å². The fraction of sp³-hybridized carbons (Fsp3) is 0.0811. The van der Waals surface area contributed by atoms with Crippen LogP contribution in [0.25, 0.3) is 44.8 Å². The maximum Gasteiger partial charge on any atom is 0.0163 e. The van der Waals surface area contributed by atoms with Gasteiger partial charge in [-0.15, -0.1) is 71.4 Å². The van der Waals surface area contributed by atoms with Crippen molar-refractivity contribution >= 4 is 11.8 Å². The van der Waals surface area contributed by atoms with Crippen LogP contribution in [-0.4, -0.2) is 9.97 Å². The van der Waals surface area contributed by atoms with Crippen molar-refractivity contribution in [3.8, 4) is 44.8 Å². The molecule has 41 heavy (non-hydrogen) atoms. The van der Waals surface area contributed by atoms with Crippen LogP contribution in [0.4, 0.5) is 0 Å². The molecule has 6 aromatic rings. The summed E-state index contributed by atoms with van der Waals surface area (Å²) < 4.78 is 0. The molecule has 0 spiro atoms. The summed E-state index contributed by atoms with van der Waals surface area (Å²) in [5.41, 5.74) is 11.7. The summed E-state index contributed by atoms with van der Waals surface area (Å²) in [6.07, 6.45) is 4.74. The topological polar surface area (TPSA) is 25.8 Å². The third kappa shape index (κ3) is 6.26. The molecule has 0 bridgehead atoms. The van der Waals surface area contributed by atoms with Crippen molar-refractivity contribution in [1.82, 2.24) is 9.97 Å². The molecule has 2 aromatic heterocycles. The van der Waals surface area contributed by atoms with Crippen molar-refractivity contribution in [3.63, 3.8) is 0 Å². The first-order valence-corrected chi connectivity index (χ1v) is 14.3. The normalized spacial score (nSPS) is 11.0. The van der Waals surface area contributed by atoms with E-state index in [1.54, 1.807) is 0 Å². The van der Waals surface area contributed by atoms with E-state index in [1.807, 2.05) is 60.6 Å². The van der Waals surface area contributed by atoms with E-state index in [2.05, 4.69) is 109 Å². The second kappa shape index (κ2) is 13.2. The van der Waals surface area contributed by atoms with Crippen molar-refractivity contribution in [2.45, 2.75) is 30.1 Å². The van der Waals surface area contributed by atoms with Crippen molar-refractivity contribution in [1.29, 1.82) is 0 Å². The van der Waals surface area contributed by atoms with Crippen LogP contribution in [-0.2, 0) is 26.5 Å². The Labute approximate surface area is 260 Å². The molecule has 0 amide bonds. The third-order valence-electron chi connectivity index (χ3n) is 6.95. The first-order valence-electron chi connectivity index (χ1n) is 13.5. The Morgan fingerprint density at radius 1 is 0.659 bits per heavy atom. The third-order valence-corrected chi connectivity index (χ3v) is 8.15. The zero-order chi connectivity index (χ0) is 27.3. The van der Waals surface area contributed by atoms with Gasteiger partial charge in [0.05, 0.1) is 0 Å². The molecule has 0 fully saturated rings. The number of benzene rings is 4. The maximum absolute atomic E-state index is 4.66. The molecule has 2 nitrogen and oxygen atoms in total. The summed E-state index contributed by atoms with van der Waals surface area (Å²) in [4.78, 5) is 11.4. The molecular formula is C37H28IrN2S-2. The average Bonchev–Trinajstić information content (AvgIpc) is 3.16. The van der Waals surface area contributed by atoms with Gasteiger partial charge in [0.25, 0.3) is 0 Å². The number of rotatable bonds is 3. The summed E-state index contributed by atoms with van der Waals surface area (Å²) in [5, 5.41) is 0. The van der Waals surface area contributed by atoms with Gasteiger partial charge in [0, 0.05) is 37.4 Å². The van der Waals surface area contributed by atoms with E-state index in [4.69, 9.17) is 0 Å². The van der Waals surface area contributed by atoms with Gasteiger partial charge in [-0.25, -0.2) is 0 Å². The molecule has 4 heteroatoms. The van der Waals surface area contributed by atoms with E-state index < -0.39 is 0 Å². The summed E-state index contributed by atoms with van der Waals surface area (Å²) >= 11 is 1.82. The number of aryl methyl sites for hydroxylation is 2. The minimum Gasteiger partial charge on any atom is -0.305 e. The summed E-state index contributed by atoms with van der Waals surface area (Å²) in [5.74, 6) is 0. The van der Waals surface area contributed by atoms with Gasteiger partial charge in [-0.1, -0.05) is 83.1 Å². The van der Waals surface area contributed by atoms with Gasteiger partial charge in [-0.3, -0.25) is 0 Å². The molecule has 203 valence electrons. The minimum absolute atomic E-state index is 0. The summed E-state index contributed by atoms with van der Waals surface area (Å²) in [6.45, 7) is 4.24. The fourth-order valence-electron chi connectivity index (χ4n) is 4.90. The van der Waals surface area contributed by atoms with Crippen LogP contribution in [0, 0.1) is 19.1 Å². The van der Waals surface area contributed by atoms with Gasteiger partial charge in [0.2, 0.25) is 0 Å². The van der Waals surface area contributed by atoms with Crippen LogP contribution >= 0.6 is 11.8 Å². The van der Waals surface area contributed by atoms with Gasteiger partial charge in [-0.2, -0.15) is 0 Å². The summed E-state index contributed by atoms with van der Waals surface area (Å²) in [6, 6.07) is 44.4. The molecule has 0 saturated heterocycles. The molecule has 0 saturated carbocycles. The Morgan fingerprint density at radius 3 is 2.12 bits per heavy atom. The molecule has 0 aliphatic carbocycles. The van der Waals surface area contributed by atoms with Crippen molar-refractivity contribution in [2.75, 3.05) is 0 Å². The second-order valence-electron chi connectivity index (χ2n) is 9.64. The molecule has 1 radical (unpaired) electrons. The van der Waals surface area contributed by atoms with Gasteiger partial charge in [0.1, 0.15) is 0 Å². The Balaban J connectivity index is 0.000000204. The van der Waals surface area contributed by atoms with Crippen molar-refractivity contribution in [2.24, 2.45) is 0 Å². The van der Waals surface area contributed by atoms with Crippen molar-refractivity contribution < 1.29 is 20.1 Å². The van der Waals surface area contributed by atoms with E-state index in [1.165, 1.54) is 43.2 Å². The van der Waals surface area contributed by atoms with Crippen LogP contribution in [0.2, 0.25) is 0 Å². The summed E-state index contributed by atoms with van der Waals surface area (Å²) in [7, 11) is 0. The number of nitrogens with zero attached hydrogens (tertiary/aromatic N) is 2. The number of hydrogen-bond acceptors (Lipinski definition) is 3. The predicted octanol–water partition coefficient (Wildman–Crippen LogP) is 9.76. The Kier molecular flexibility index (Phi) is 9.26. The molecule has 0 unspecified atom stereocenters. The second-order valence-corrected chi connectivity index (χ2v) is 10.7. The molecule has 4 aromatic carbocycles. The van der Waals surface area contributed by atoms with E-state index in [-0.39, 0.29) is 20.1 Å². The monoisotopic (exact) mass is 725 g/mol. The van der Waals surface area contributed by atoms with Gasteiger partial charge in [-0.05, 0) is 59.6 Å². The Hall–Kier alpha value is -3.82. The zero-order valence-corrected chi connectivity index (χ0v) is 26.1. The smallest absolute Gasteiger partial charge is 0.0163 e. The van der Waals surface area contributed by atoms with Crippen LogP contribution in [0.3, 0.4) is 0 Å². The molecule has 0 N–H and O–H groups in total. The van der Waals surface area contributed by atoms with Crippen LogP contribution in [0.1, 0.15) is 18.1 Å². The Morgan fingerprint density at radius 2 is 1.37 bits per heavy atom. The van der Waals surface area contributed by atoms with E-state index >= 15 is 0 Å². The van der Waals surface area contributed by atoms with E-state index in [0.717, 1.165) is 28.9 Å². The standard InChI is InChI=1S/C25H18NS.C12H10N.Ir/c1-2-17-14-15-26-23(16-17)22-12-7-11-21-19-9-4-3-8-18(19)20-10-5-6-13-24(20)27-25(21)22;1-10-7-8-13-12(9-10)11-5-3-2-4-6-11;/h3-11,13-16H,2H2,1H3;2-5,7-9H,1H3;/q2*-1;. The zero-order valence-electron chi connectivity index (χ0n) is 22.9. The molecule has 1 aliphatic rings. The molecule has 0 atom stereocenters.